The molecule has 0 aliphatic heterocycles. The number of nitrogens with zero attached hydrogens (tertiary/aromatic N) is 1. The third kappa shape index (κ3) is 2.47. The maximum atomic E-state index is 11.0. The van der Waals surface area contributed by atoms with Crippen LogP contribution in [0.25, 0.3) is 0 Å². The van der Waals surface area contributed by atoms with E-state index in [1.807, 2.05) is 14.0 Å². The molecule has 3 nitrogen and oxygen atoms in total. The molecule has 0 aromatic carbocycles. The normalized spacial score (nSPS) is 20.9. The van der Waals surface area contributed by atoms with Crippen molar-refractivity contribution >= 4 is 5.97 Å². The average Bonchev–Trinajstić information content (AvgIpc) is 2.90. The summed E-state index contributed by atoms with van der Waals surface area (Å²) in [5.41, 5.74) is 0. The fourth-order valence-corrected chi connectivity index (χ4v) is 2.30. The maximum absolute atomic E-state index is 11.0. The van der Waals surface area contributed by atoms with E-state index in [9.17, 15) is 4.79 Å². The maximum Gasteiger partial charge on any atom is 0.320 e. The molecule has 0 aromatic heterocycles. The Labute approximate surface area is 86.1 Å². The first-order valence-corrected chi connectivity index (χ1v) is 5.56. The number of hydrogen-bond donors (Lipinski definition) is 1. The summed E-state index contributed by atoms with van der Waals surface area (Å²) in [6, 6.07) is 0.164. The monoisotopic (exact) mass is 199 g/mol. The Bertz CT molecular complexity index is 201. The predicted molar refractivity (Wildman–Crippen MR) is 56.3 cm³/mol. The molecular formula is C11H21NO2. The number of aliphatic carboxylic acids is 1. The fraction of sp³-hybridized carbons (Fsp3) is 0.909. The van der Waals surface area contributed by atoms with Crippen LogP contribution in [0.15, 0.2) is 0 Å². The molecular weight excluding hydrogens is 178 g/mol. The van der Waals surface area contributed by atoms with Gasteiger partial charge in [0.1, 0.15) is 6.04 Å². The number of rotatable bonds is 6. The van der Waals surface area contributed by atoms with E-state index in [1.165, 1.54) is 12.8 Å². The van der Waals surface area contributed by atoms with E-state index in [4.69, 9.17) is 5.11 Å². The van der Waals surface area contributed by atoms with Crippen molar-refractivity contribution in [3.63, 3.8) is 0 Å². The van der Waals surface area contributed by atoms with Crippen LogP contribution in [0.4, 0.5) is 0 Å². The van der Waals surface area contributed by atoms with Crippen molar-refractivity contribution in [1.29, 1.82) is 0 Å². The Morgan fingerprint density at radius 1 is 1.43 bits per heavy atom. The molecule has 0 amide bonds. The molecule has 2 unspecified atom stereocenters. The van der Waals surface area contributed by atoms with Crippen molar-refractivity contribution in [2.24, 2.45) is 5.92 Å². The molecule has 0 spiro atoms. The van der Waals surface area contributed by atoms with E-state index in [2.05, 4.69) is 11.8 Å². The van der Waals surface area contributed by atoms with Gasteiger partial charge >= 0.3 is 5.97 Å². The Balaban J connectivity index is 2.58. The van der Waals surface area contributed by atoms with E-state index < -0.39 is 5.97 Å². The average molecular weight is 199 g/mol. The van der Waals surface area contributed by atoms with E-state index in [0.29, 0.717) is 12.5 Å². The molecule has 1 aliphatic carbocycles. The van der Waals surface area contributed by atoms with Gasteiger partial charge in [-0.15, -0.1) is 0 Å². The molecule has 3 heteroatoms. The van der Waals surface area contributed by atoms with Gasteiger partial charge in [-0.25, -0.2) is 0 Å². The van der Waals surface area contributed by atoms with Crippen LogP contribution in [0.2, 0.25) is 0 Å². The number of likely N-dealkylation sites (N-methyl/N-ethyl adjacent to an activating group) is 1. The van der Waals surface area contributed by atoms with E-state index in [1.54, 1.807) is 0 Å². The van der Waals surface area contributed by atoms with Crippen LogP contribution in [-0.2, 0) is 4.79 Å². The minimum Gasteiger partial charge on any atom is -0.480 e. The van der Waals surface area contributed by atoms with Gasteiger partial charge in [0.05, 0.1) is 0 Å². The number of hydrogen-bond acceptors (Lipinski definition) is 2. The van der Waals surface area contributed by atoms with Gasteiger partial charge in [-0.05, 0) is 38.6 Å². The lowest BCUT2D eigenvalue weighted by Gasteiger charge is -2.31. The van der Waals surface area contributed by atoms with Crippen LogP contribution in [0.5, 0.6) is 0 Å². The van der Waals surface area contributed by atoms with Gasteiger partial charge in [-0.1, -0.05) is 13.8 Å². The third-order valence-electron chi connectivity index (χ3n) is 3.27. The molecule has 82 valence electrons. The molecule has 1 N–H and O–H groups in total. The second-order valence-corrected chi connectivity index (χ2v) is 4.24. The lowest BCUT2D eigenvalue weighted by molar-refractivity contribution is -0.144. The Morgan fingerprint density at radius 3 is 2.29 bits per heavy atom. The zero-order valence-electron chi connectivity index (χ0n) is 9.36. The second-order valence-electron chi connectivity index (χ2n) is 4.24. The van der Waals surface area contributed by atoms with Crippen molar-refractivity contribution in [2.75, 3.05) is 7.05 Å². The number of carbonyl (C=O) groups is 1. The topological polar surface area (TPSA) is 40.5 Å². The van der Waals surface area contributed by atoms with Crippen molar-refractivity contribution in [3.05, 3.63) is 0 Å². The van der Waals surface area contributed by atoms with Gasteiger partial charge in [-0.3, -0.25) is 9.69 Å². The van der Waals surface area contributed by atoms with Gasteiger partial charge < -0.3 is 5.11 Å². The molecule has 0 aromatic rings. The highest BCUT2D eigenvalue weighted by Gasteiger charge is 2.36. The molecule has 0 saturated heterocycles. The van der Waals surface area contributed by atoms with E-state index in [-0.39, 0.29) is 6.04 Å². The van der Waals surface area contributed by atoms with Crippen molar-refractivity contribution in [1.82, 2.24) is 4.90 Å². The summed E-state index contributed by atoms with van der Waals surface area (Å²) in [4.78, 5) is 13.0. The summed E-state index contributed by atoms with van der Waals surface area (Å²) in [6.45, 7) is 4.09. The zero-order chi connectivity index (χ0) is 10.7. The van der Waals surface area contributed by atoms with E-state index >= 15 is 0 Å². The van der Waals surface area contributed by atoms with Gasteiger partial charge in [0.15, 0.2) is 0 Å². The first kappa shape index (κ1) is 11.5. The van der Waals surface area contributed by atoms with Gasteiger partial charge in [0.25, 0.3) is 0 Å². The number of carboxylic acids is 1. The molecule has 1 saturated carbocycles. The van der Waals surface area contributed by atoms with Gasteiger partial charge in [-0.2, -0.15) is 0 Å². The summed E-state index contributed by atoms with van der Waals surface area (Å²) < 4.78 is 0. The minimum atomic E-state index is -0.686. The first-order chi connectivity index (χ1) is 6.61. The van der Waals surface area contributed by atoms with Gasteiger partial charge in [0, 0.05) is 6.04 Å². The summed E-state index contributed by atoms with van der Waals surface area (Å²) in [5, 5.41) is 9.05. The molecule has 0 bridgehead atoms. The standard InChI is InChI=1S/C11H21NO2/c1-4-9(8-6-7-8)12(3)10(5-2)11(13)14/h8-10H,4-7H2,1-3H3,(H,13,14). The highest BCUT2D eigenvalue weighted by atomic mass is 16.4. The smallest absolute Gasteiger partial charge is 0.320 e. The quantitative estimate of drug-likeness (QED) is 0.711. The van der Waals surface area contributed by atoms with Crippen LogP contribution >= 0.6 is 0 Å². The number of carboxylic acid groups (broad SMARTS) is 1. The van der Waals surface area contributed by atoms with E-state index in [0.717, 1.165) is 12.3 Å². The highest BCUT2D eigenvalue weighted by molar-refractivity contribution is 5.73. The Morgan fingerprint density at radius 2 is 2.00 bits per heavy atom. The lowest BCUT2D eigenvalue weighted by atomic mass is 10.0. The Kier molecular flexibility index (Phi) is 3.93. The second kappa shape index (κ2) is 4.78. The van der Waals surface area contributed by atoms with Crippen LogP contribution in [0.1, 0.15) is 39.5 Å². The summed E-state index contributed by atoms with van der Waals surface area (Å²) in [7, 11) is 1.95. The fourth-order valence-electron chi connectivity index (χ4n) is 2.30. The minimum absolute atomic E-state index is 0.305. The molecule has 1 fully saturated rings. The van der Waals surface area contributed by atoms with Crippen LogP contribution in [0, 0.1) is 5.92 Å². The van der Waals surface area contributed by atoms with Crippen molar-refractivity contribution in [2.45, 2.75) is 51.6 Å². The van der Waals surface area contributed by atoms with Crippen LogP contribution in [0.3, 0.4) is 0 Å². The predicted octanol–water partition coefficient (Wildman–Crippen LogP) is 1.97. The lowest BCUT2D eigenvalue weighted by Crippen LogP contribution is -2.45. The summed E-state index contributed by atoms with van der Waals surface area (Å²) in [5.74, 6) is 0.0625. The first-order valence-electron chi connectivity index (χ1n) is 5.56. The van der Waals surface area contributed by atoms with Crippen molar-refractivity contribution < 1.29 is 9.90 Å². The van der Waals surface area contributed by atoms with Crippen molar-refractivity contribution in [3.8, 4) is 0 Å². The molecule has 1 aliphatic rings. The molecule has 2 atom stereocenters. The molecule has 1 rings (SSSR count). The SMILES string of the molecule is CCC(C(=O)O)N(C)C(CC)C1CC1. The largest absolute Gasteiger partial charge is 0.480 e. The summed E-state index contributed by atoms with van der Waals surface area (Å²) in [6.07, 6.45) is 4.30. The highest BCUT2D eigenvalue weighted by Crippen LogP contribution is 2.37. The zero-order valence-corrected chi connectivity index (χ0v) is 9.36. The summed E-state index contributed by atoms with van der Waals surface area (Å²) >= 11 is 0. The molecule has 0 heterocycles. The third-order valence-corrected chi connectivity index (χ3v) is 3.27. The van der Waals surface area contributed by atoms with Crippen LogP contribution < -0.4 is 0 Å². The van der Waals surface area contributed by atoms with Crippen LogP contribution in [-0.4, -0.2) is 35.1 Å². The van der Waals surface area contributed by atoms with Gasteiger partial charge in [0.2, 0.25) is 0 Å². The molecule has 0 radical (unpaired) electrons. The molecule has 14 heavy (non-hydrogen) atoms. The Hall–Kier alpha value is -0.570.